The van der Waals surface area contributed by atoms with Crippen molar-refractivity contribution in [2.75, 3.05) is 20.8 Å². The van der Waals surface area contributed by atoms with Crippen LogP contribution in [0.1, 0.15) is 31.4 Å². The van der Waals surface area contributed by atoms with Gasteiger partial charge < -0.3 is 14.9 Å². The van der Waals surface area contributed by atoms with Crippen LogP contribution in [0.3, 0.4) is 0 Å². The summed E-state index contributed by atoms with van der Waals surface area (Å²) in [6.45, 7) is 6.74. The molecule has 98 valence electrons. The van der Waals surface area contributed by atoms with Crippen molar-refractivity contribution in [1.29, 1.82) is 0 Å². The molecule has 0 saturated carbocycles. The summed E-state index contributed by atoms with van der Waals surface area (Å²) < 4.78 is 10.9. The van der Waals surface area contributed by atoms with Crippen LogP contribution in [0.15, 0.2) is 16.5 Å². The molecule has 1 aromatic heterocycles. The van der Waals surface area contributed by atoms with E-state index >= 15 is 0 Å². The lowest BCUT2D eigenvalue weighted by Crippen LogP contribution is -2.43. The minimum Gasteiger partial charge on any atom is -0.465 e. The van der Waals surface area contributed by atoms with E-state index in [9.17, 15) is 0 Å². The first kappa shape index (κ1) is 14.2. The molecular weight excluding hydrogens is 216 g/mol. The molecule has 0 radical (unpaired) electrons. The van der Waals surface area contributed by atoms with Crippen LogP contribution in [-0.4, -0.2) is 37.7 Å². The van der Waals surface area contributed by atoms with Gasteiger partial charge in [0, 0.05) is 19.2 Å². The molecular formula is C13H24N2O2. The molecule has 0 amide bonds. The number of nitrogens with two attached hydrogens (primary N) is 1. The fraction of sp³-hybridized carbons (Fsp3) is 0.692. The monoisotopic (exact) mass is 240 g/mol. The van der Waals surface area contributed by atoms with Gasteiger partial charge in [0.25, 0.3) is 0 Å². The molecule has 0 aliphatic rings. The Kier molecular flexibility index (Phi) is 5.18. The van der Waals surface area contributed by atoms with E-state index in [1.54, 1.807) is 7.11 Å². The Hall–Kier alpha value is -0.840. The molecule has 1 aromatic rings. The van der Waals surface area contributed by atoms with Crippen molar-refractivity contribution in [2.24, 2.45) is 5.73 Å². The first-order chi connectivity index (χ1) is 7.97. The van der Waals surface area contributed by atoms with Crippen molar-refractivity contribution in [3.8, 4) is 0 Å². The molecule has 1 rings (SSSR count). The Labute approximate surface area is 104 Å². The highest BCUT2D eigenvalue weighted by Crippen LogP contribution is 2.25. The molecule has 3 unspecified atom stereocenters. The number of likely N-dealkylation sites (N-methyl/N-ethyl adjacent to an activating group) is 1. The predicted molar refractivity (Wildman–Crippen MR) is 68.9 cm³/mol. The highest BCUT2D eigenvalue weighted by molar-refractivity contribution is 5.12. The number of nitrogens with zero attached hydrogens (tertiary/aromatic N) is 1. The fourth-order valence-electron chi connectivity index (χ4n) is 2.08. The highest BCUT2D eigenvalue weighted by atomic mass is 16.5. The van der Waals surface area contributed by atoms with E-state index in [1.165, 1.54) is 0 Å². The summed E-state index contributed by atoms with van der Waals surface area (Å²) in [6.07, 6.45) is 0. The summed E-state index contributed by atoms with van der Waals surface area (Å²) in [5.41, 5.74) is 6.07. The highest BCUT2D eigenvalue weighted by Gasteiger charge is 2.27. The Morgan fingerprint density at radius 1 is 1.41 bits per heavy atom. The molecule has 0 bridgehead atoms. The SMILES string of the molecule is COCC(C)N(C)C(c1ccc(C)o1)C(C)N. The summed E-state index contributed by atoms with van der Waals surface area (Å²) in [5.74, 6) is 1.83. The number of methoxy groups -OCH3 is 1. The van der Waals surface area contributed by atoms with Crippen molar-refractivity contribution in [1.82, 2.24) is 4.90 Å². The van der Waals surface area contributed by atoms with E-state index in [4.69, 9.17) is 14.9 Å². The van der Waals surface area contributed by atoms with Gasteiger partial charge in [-0.2, -0.15) is 0 Å². The van der Waals surface area contributed by atoms with Crippen LogP contribution in [0.5, 0.6) is 0 Å². The number of aryl methyl sites for hydroxylation is 1. The maximum absolute atomic E-state index is 6.07. The van der Waals surface area contributed by atoms with E-state index in [2.05, 4.69) is 18.9 Å². The van der Waals surface area contributed by atoms with E-state index in [0.29, 0.717) is 12.6 Å². The van der Waals surface area contributed by atoms with E-state index in [-0.39, 0.29) is 12.1 Å². The van der Waals surface area contributed by atoms with Crippen molar-refractivity contribution in [3.05, 3.63) is 23.7 Å². The largest absolute Gasteiger partial charge is 0.465 e. The first-order valence-electron chi connectivity index (χ1n) is 6.00. The molecule has 4 nitrogen and oxygen atoms in total. The maximum Gasteiger partial charge on any atom is 0.122 e. The third kappa shape index (κ3) is 3.56. The molecule has 3 atom stereocenters. The van der Waals surface area contributed by atoms with Gasteiger partial charge in [-0.05, 0) is 40.0 Å². The molecule has 0 saturated heterocycles. The molecule has 2 N–H and O–H groups in total. The van der Waals surface area contributed by atoms with Crippen LogP contribution in [0, 0.1) is 6.92 Å². The molecule has 0 spiro atoms. The maximum atomic E-state index is 6.07. The van der Waals surface area contributed by atoms with E-state index in [0.717, 1.165) is 11.5 Å². The predicted octanol–water partition coefficient (Wildman–Crippen LogP) is 1.94. The van der Waals surface area contributed by atoms with Crippen molar-refractivity contribution in [2.45, 2.75) is 38.9 Å². The smallest absolute Gasteiger partial charge is 0.122 e. The third-order valence-electron chi connectivity index (χ3n) is 3.09. The normalized spacial score (nSPS) is 17.1. The van der Waals surface area contributed by atoms with Crippen LogP contribution in [-0.2, 0) is 4.74 Å². The molecule has 0 fully saturated rings. The molecule has 1 heterocycles. The second kappa shape index (κ2) is 6.19. The van der Waals surface area contributed by atoms with Crippen LogP contribution in [0.4, 0.5) is 0 Å². The van der Waals surface area contributed by atoms with Gasteiger partial charge in [-0.1, -0.05) is 0 Å². The molecule has 17 heavy (non-hydrogen) atoms. The van der Waals surface area contributed by atoms with Crippen molar-refractivity contribution < 1.29 is 9.15 Å². The molecule has 0 aromatic carbocycles. The van der Waals surface area contributed by atoms with Crippen molar-refractivity contribution >= 4 is 0 Å². The zero-order chi connectivity index (χ0) is 13.0. The van der Waals surface area contributed by atoms with Gasteiger partial charge in [-0.3, -0.25) is 4.90 Å². The van der Waals surface area contributed by atoms with Crippen LogP contribution in [0.25, 0.3) is 0 Å². The number of ether oxygens (including phenoxy) is 1. The summed E-state index contributed by atoms with van der Waals surface area (Å²) in [4.78, 5) is 2.20. The van der Waals surface area contributed by atoms with Crippen LogP contribution >= 0.6 is 0 Å². The Morgan fingerprint density at radius 3 is 2.47 bits per heavy atom. The lowest BCUT2D eigenvalue weighted by atomic mass is 10.1. The first-order valence-corrected chi connectivity index (χ1v) is 6.00. The molecule has 0 aliphatic carbocycles. The number of hydrogen-bond donors (Lipinski definition) is 1. The Bertz CT molecular complexity index is 336. The average Bonchev–Trinajstić information content (AvgIpc) is 2.64. The number of furan rings is 1. The van der Waals surface area contributed by atoms with Crippen LogP contribution in [0.2, 0.25) is 0 Å². The van der Waals surface area contributed by atoms with Crippen molar-refractivity contribution in [3.63, 3.8) is 0 Å². The quantitative estimate of drug-likeness (QED) is 0.825. The van der Waals surface area contributed by atoms with Gasteiger partial charge in [0.15, 0.2) is 0 Å². The summed E-state index contributed by atoms with van der Waals surface area (Å²) in [5, 5.41) is 0. The van der Waals surface area contributed by atoms with Crippen LogP contribution < -0.4 is 5.73 Å². The Morgan fingerprint density at radius 2 is 2.06 bits per heavy atom. The summed E-state index contributed by atoms with van der Waals surface area (Å²) >= 11 is 0. The topological polar surface area (TPSA) is 51.6 Å². The van der Waals surface area contributed by atoms with Gasteiger partial charge in [0.05, 0.1) is 12.6 Å². The summed E-state index contributed by atoms with van der Waals surface area (Å²) in [7, 11) is 3.76. The number of hydrogen-bond acceptors (Lipinski definition) is 4. The fourth-order valence-corrected chi connectivity index (χ4v) is 2.08. The summed E-state index contributed by atoms with van der Waals surface area (Å²) in [6, 6.07) is 4.35. The molecule has 0 aliphatic heterocycles. The minimum absolute atomic E-state index is 0.00450. The van der Waals surface area contributed by atoms with Gasteiger partial charge in [-0.25, -0.2) is 0 Å². The van der Waals surface area contributed by atoms with Gasteiger partial charge in [-0.15, -0.1) is 0 Å². The van der Waals surface area contributed by atoms with Gasteiger partial charge in [0.1, 0.15) is 11.5 Å². The second-order valence-electron chi connectivity index (χ2n) is 4.72. The molecule has 4 heteroatoms. The lowest BCUT2D eigenvalue weighted by molar-refractivity contribution is 0.0737. The lowest BCUT2D eigenvalue weighted by Gasteiger charge is -2.33. The minimum atomic E-state index is 0.00450. The Balaban J connectivity index is 2.86. The zero-order valence-electron chi connectivity index (χ0n) is 11.4. The second-order valence-corrected chi connectivity index (χ2v) is 4.72. The zero-order valence-corrected chi connectivity index (χ0v) is 11.4. The third-order valence-corrected chi connectivity index (χ3v) is 3.09. The van der Waals surface area contributed by atoms with E-state index in [1.807, 2.05) is 26.0 Å². The van der Waals surface area contributed by atoms with Gasteiger partial charge in [0.2, 0.25) is 0 Å². The number of rotatable bonds is 6. The van der Waals surface area contributed by atoms with E-state index < -0.39 is 0 Å². The standard InChI is InChI=1S/C13H24N2O2/c1-9(8-16-5)15(4)13(11(3)14)12-7-6-10(2)17-12/h6-7,9,11,13H,8,14H2,1-5H3. The average molecular weight is 240 g/mol. The van der Waals surface area contributed by atoms with Gasteiger partial charge >= 0.3 is 0 Å².